The molecule has 4 amide bonds. The predicted molar refractivity (Wildman–Crippen MR) is 71.8 cm³/mol. The van der Waals surface area contributed by atoms with Crippen molar-refractivity contribution in [2.75, 3.05) is 7.05 Å². The highest BCUT2D eigenvalue weighted by atomic mass is 16.4. The molecule has 7 heteroatoms. The number of amides is 4. The van der Waals surface area contributed by atoms with Crippen LogP contribution in [0.3, 0.4) is 0 Å². The quantitative estimate of drug-likeness (QED) is 0.500. The first-order valence-electron chi connectivity index (χ1n) is 6.03. The van der Waals surface area contributed by atoms with Gasteiger partial charge >= 0.3 is 23.8 Å². The summed E-state index contributed by atoms with van der Waals surface area (Å²) in [5.74, 6) is -2.80. The van der Waals surface area contributed by atoms with Gasteiger partial charge in [-0.1, -0.05) is 18.2 Å². The molecule has 21 heavy (non-hydrogen) atoms. The highest BCUT2D eigenvalue weighted by molar-refractivity contribution is 6.44. The first-order chi connectivity index (χ1) is 9.90. The maximum absolute atomic E-state index is 11.7. The van der Waals surface area contributed by atoms with E-state index in [1.165, 1.54) is 13.1 Å². The number of imide groups is 2. The summed E-state index contributed by atoms with van der Waals surface area (Å²) >= 11 is 0. The molecule has 1 N–H and O–H groups in total. The van der Waals surface area contributed by atoms with E-state index in [-0.39, 0.29) is 6.54 Å². The molecule has 0 spiro atoms. The Bertz CT molecular complexity index is 665. The largest absolute Gasteiger partial charge is 0.478 e. The van der Waals surface area contributed by atoms with Crippen molar-refractivity contribution < 1.29 is 24.3 Å². The minimum atomic E-state index is -1.07. The van der Waals surface area contributed by atoms with Crippen molar-refractivity contribution in [2.45, 2.75) is 6.54 Å². The molecular formula is C14H12N2O5. The smallest absolute Gasteiger partial charge is 0.334 e. The van der Waals surface area contributed by atoms with Gasteiger partial charge in [0.25, 0.3) is 0 Å². The minimum Gasteiger partial charge on any atom is -0.478 e. The van der Waals surface area contributed by atoms with Gasteiger partial charge in [-0.2, -0.15) is 0 Å². The third kappa shape index (κ3) is 2.97. The van der Waals surface area contributed by atoms with Gasteiger partial charge < -0.3 is 5.11 Å². The number of carboxylic acid groups (broad SMARTS) is 1. The Morgan fingerprint density at radius 2 is 1.95 bits per heavy atom. The van der Waals surface area contributed by atoms with Crippen LogP contribution in [0.25, 0.3) is 6.08 Å². The Hall–Kier alpha value is -2.96. The van der Waals surface area contributed by atoms with E-state index in [1.807, 2.05) is 0 Å². The van der Waals surface area contributed by atoms with E-state index in [9.17, 15) is 19.2 Å². The number of rotatable bonds is 4. The first kappa shape index (κ1) is 14.4. The Balaban J connectivity index is 2.19. The molecule has 0 atom stereocenters. The lowest BCUT2D eigenvalue weighted by atomic mass is 10.1. The van der Waals surface area contributed by atoms with Crippen molar-refractivity contribution >= 4 is 29.9 Å². The number of benzene rings is 1. The van der Waals surface area contributed by atoms with Gasteiger partial charge in [-0.3, -0.25) is 19.4 Å². The van der Waals surface area contributed by atoms with Crippen molar-refractivity contribution in [1.29, 1.82) is 0 Å². The Morgan fingerprint density at radius 1 is 1.24 bits per heavy atom. The molecule has 1 fully saturated rings. The monoisotopic (exact) mass is 288 g/mol. The van der Waals surface area contributed by atoms with E-state index < -0.39 is 23.8 Å². The second kappa shape index (κ2) is 5.58. The standard InChI is InChI=1S/C14H12N2O5/c1-15-12(19)13(20)16(14(15)21)8-10-4-2-3-9(7-10)5-6-11(17)18/h2-7H,8H2,1H3,(H,17,18). The highest BCUT2D eigenvalue weighted by Gasteiger charge is 2.41. The van der Waals surface area contributed by atoms with Crippen molar-refractivity contribution in [3.05, 3.63) is 41.5 Å². The third-order valence-corrected chi connectivity index (χ3v) is 2.96. The fourth-order valence-electron chi connectivity index (χ4n) is 1.90. The average Bonchev–Trinajstić information content (AvgIpc) is 2.63. The molecule has 7 nitrogen and oxygen atoms in total. The van der Waals surface area contributed by atoms with E-state index >= 15 is 0 Å². The number of hydrogen-bond donors (Lipinski definition) is 1. The molecule has 1 saturated heterocycles. The average molecular weight is 288 g/mol. The number of carbonyl (C=O) groups excluding carboxylic acids is 3. The van der Waals surface area contributed by atoms with Crippen molar-refractivity contribution in [3.8, 4) is 0 Å². The zero-order valence-corrected chi connectivity index (χ0v) is 11.1. The van der Waals surface area contributed by atoms with Gasteiger partial charge in [0.05, 0.1) is 6.54 Å². The van der Waals surface area contributed by atoms with Gasteiger partial charge in [0.2, 0.25) is 0 Å². The second-order valence-electron chi connectivity index (χ2n) is 4.45. The second-order valence-corrected chi connectivity index (χ2v) is 4.45. The van der Waals surface area contributed by atoms with Crippen LogP contribution in [0.15, 0.2) is 30.3 Å². The maximum Gasteiger partial charge on any atom is 0.334 e. The lowest BCUT2D eigenvalue weighted by Crippen LogP contribution is -2.31. The van der Waals surface area contributed by atoms with Crippen LogP contribution < -0.4 is 0 Å². The molecule has 1 aromatic carbocycles. The minimum absolute atomic E-state index is 0.0392. The van der Waals surface area contributed by atoms with Crippen molar-refractivity contribution in [3.63, 3.8) is 0 Å². The molecule has 1 aromatic rings. The van der Waals surface area contributed by atoms with Crippen LogP contribution in [-0.2, 0) is 20.9 Å². The molecule has 1 heterocycles. The predicted octanol–water partition coefficient (Wildman–Crippen LogP) is 0.705. The maximum atomic E-state index is 11.7. The number of hydrogen-bond acceptors (Lipinski definition) is 4. The number of carbonyl (C=O) groups is 4. The summed E-state index contributed by atoms with van der Waals surface area (Å²) in [6.07, 6.45) is 2.39. The first-order valence-corrected chi connectivity index (χ1v) is 6.03. The molecule has 0 bridgehead atoms. The summed E-state index contributed by atoms with van der Waals surface area (Å²) in [5.41, 5.74) is 1.24. The molecule has 0 radical (unpaired) electrons. The molecule has 0 saturated carbocycles. The SMILES string of the molecule is CN1C(=O)C(=O)N(Cc2cccc(C=CC(=O)O)c2)C1=O. The number of urea groups is 1. The lowest BCUT2D eigenvalue weighted by molar-refractivity contribution is -0.143. The molecular weight excluding hydrogens is 276 g/mol. The van der Waals surface area contributed by atoms with E-state index in [0.29, 0.717) is 11.1 Å². The fourth-order valence-corrected chi connectivity index (χ4v) is 1.90. The zero-order valence-electron chi connectivity index (χ0n) is 11.1. The molecule has 0 unspecified atom stereocenters. The molecule has 108 valence electrons. The summed E-state index contributed by atoms with van der Waals surface area (Å²) in [6.45, 7) is -0.0392. The van der Waals surface area contributed by atoms with Gasteiger partial charge in [0, 0.05) is 13.1 Å². The van der Waals surface area contributed by atoms with Gasteiger partial charge in [-0.15, -0.1) is 0 Å². The van der Waals surface area contributed by atoms with Gasteiger partial charge in [-0.25, -0.2) is 9.59 Å². The lowest BCUT2D eigenvalue weighted by Gasteiger charge is -2.13. The summed E-state index contributed by atoms with van der Waals surface area (Å²) in [7, 11) is 1.24. The molecule has 1 aliphatic rings. The van der Waals surface area contributed by atoms with Crippen LogP contribution in [0.4, 0.5) is 4.79 Å². The fraction of sp³-hybridized carbons (Fsp3) is 0.143. The molecule has 0 aromatic heterocycles. The third-order valence-electron chi connectivity index (χ3n) is 2.96. The van der Waals surface area contributed by atoms with Crippen LogP contribution in [0.5, 0.6) is 0 Å². The summed E-state index contributed by atoms with van der Waals surface area (Å²) in [4.78, 5) is 46.9. The van der Waals surface area contributed by atoms with Crippen molar-refractivity contribution in [1.82, 2.24) is 9.80 Å². The van der Waals surface area contributed by atoms with E-state index in [0.717, 1.165) is 15.9 Å². The van der Waals surface area contributed by atoms with Crippen LogP contribution >= 0.6 is 0 Å². The van der Waals surface area contributed by atoms with Crippen molar-refractivity contribution in [2.24, 2.45) is 0 Å². The molecule has 2 rings (SSSR count). The number of carboxylic acids is 1. The van der Waals surface area contributed by atoms with Crippen LogP contribution in [0.1, 0.15) is 11.1 Å². The number of likely N-dealkylation sites (N-methyl/N-ethyl adjacent to an activating group) is 1. The number of aliphatic carboxylic acids is 1. The Kier molecular flexibility index (Phi) is 3.84. The molecule has 0 aliphatic carbocycles. The van der Waals surface area contributed by atoms with Gasteiger partial charge in [-0.05, 0) is 23.3 Å². The Labute approximate surface area is 120 Å². The van der Waals surface area contributed by atoms with Crippen LogP contribution in [-0.4, -0.2) is 45.8 Å². The van der Waals surface area contributed by atoms with Crippen LogP contribution in [0.2, 0.25) is 0 Å². The summed E-state index contributed by atoms with van der Waals surface area (Å²) < 4.78 is 0. The van der Waals surface area contributed by atoms with Gasteiger partial charge in [0.1, 0.15) is 0 Å². The van der Waals surface area contributed by atoms with E-state index in [2.05, 4.69) is 0 Å². The normalized spacial score (nSPS) is 15.4. The molecule has 1 aliphatic heterocycles. The highest BCUT2D eigenvalue weighted by Crippen LogP contribution is 2.15. The van der Waals surface area contributed by atoms with Crippen LogP contribution in [0, 0.1) is 0 Å². The number of nitrogens with zero attached hydrogens (tertiary/aromatic N) is 2. The van der Waals surface area contributed by atoms with Gasteiger partial charge in [0.15, 0.2) is 0 Å². The Morgan fingerprint density at radius 3 is 2.52 bits per heavy atom. The zero-order chi connectivity index (χ0) is 15.6. The summed E-state index contributed by atoms with van der Waals surface area (Å²) in [6, 6.07) is 6.02. The topological polar surface area (TPSA) is 95.0 Å². The van der Waals surface area contributed by atoms with E-state index in [1.54, 1.807) is 24.3 Å². The van der Waals surface area contributed by atoms with E-state index in [4.69, 9.17) is 5.11 Å². The summed E-state index contributed by atoms with van der Waals surface area (Å²) in [5, 5.41) is 8.57.